The molecule has 1 heterocycles. The molecule has 2 N–H and O–H groups in total. The lowest BCUT2D eigenvalue weighted by atomic mass is 10.1. The fourth-order valence-electron chi connectivity index (χ4n) is 2.46. The molecular weight excluding hydrogens is 274 g/mol. The SMILES string of the molecule is COCCC1CN(Cc2ccc(O)c(C(=O)O)c2)CCO1. The molecule has 1 aliphatic heterocycles. The van der Waals surface area contributed by atoms with Crippen molar-refractivity contribution in [2.45, 2.75) is 19.1 Å². The monoisotopic (exact) mass is 295 g/mol. The second-order valence-electron chi connectivity index (χ2n) is 5.17. The number of methoxy groups -OCH3 is 1. The second-order valence-corrected chi connectivity index (χ2v) is 5.17. The molecule has 0 aliphatic carbocycles. The summed E-state index contributed by atoms with van der Waals surface area (Å²) in [7, 11) is 1.67. The van der Waals surface area contributed by atoms with Crippen molar-refractivity contribution in [2.24, 2.45) is 0 Å². The van der Waals surface area contributed by atoms with E-state index in [9.17, 15) is 9.90 Å². The zero-order valence-electron chi connectivity index (χ0n) is 12.1. The molecule has 6 heteroatoms. The highest BCUT2D eigenvalue weighted by molar-refractivity contribution is 5.90. The number of carboxylic acids is 1. The average molecular weight is 295 g/mol. The van der Waals surface area contributed by atoms with E-state index < -0.39 is 5.97 Å². The molecule has 0 amide bonds. The van der Waals surface area contributed by atoms with Gasteiger partial charge >= 0.3 is 5.97 Å². The predicted octanol–water partition coefficient (Wildman–Crippen LogP) is 1.33. The number of aromatic hydroxyl groups is 1. The smallest absolute Gasteiger partial charge is 0.339 e. The molecule has 0 radical (unpaired) electrons. The van der Waals surface area contributed by atoms with Crippen molar-refractivity contribution in [3.8, 4) is 5.75 Å². The molecule has 1 atom stereocenters. The Morgan fingerprint density at radius 2 is 2.33 bits per heavy atom. The Labute approximate surface area is 123 Å². The summed E-state index contributed by atoms with van der Waals surface area (Å²) in [6, 6.07) is 4.71. The summed E-state index contributed by atoms with van der Waals surface area (Å²) in [5.41, 5.74) is 0.814. The van der Waals surface area contributed by atoms with Crippen molar-refractivity contribution in [1.29, 1.82) is 0 Å². The van der Waals surface area contributed by atoms with Crippen LogP contribution in [0.1, 0.15) is 22.3 Å². The number of hydrogen-bond donors (Lipinski definition) is 2. The first-order valence-electron chi connectivity index (χ1n) is 6.98. The van der Waals surface area contributed by atoms with Crippen molar-refractivity contribution >= 4 is 5.97 Å². The van der Waals surface area contributed by atoms with Crippen LogP contribution in [0, 0.1) is 0 Å². The molecular formula is C15H21NO5. The summed E-state index contributed by atoms with van der Waals surface area (Å²) in [6.07, 6.45) is 0.998. The molecule has 1 aromatic carbocycles. The average Bonchev–Trinajstić information content (AvgIpc) is 2.47. The van der Waals surface area contributed by atoms with E-state index in [1.165, 1.54) is 12.1 Å². The van der Waals surface area contributed by atoms with Crippen LogP contribution in [0.15, 0.2) is 18.2 Å². The maximum absolute atomic E-state index is 11.0. The lowest BCUT2D eigenvalue weighted by molar-refractivity contribution is -0.0432. The van der Waals surface area contributed by atoms with Crippen molar-refractivity contribution in [3.63, 3.8) is 0 Å². The van der Waals surface area contributed by atoms with E-state index in [-0.39, 0.29) is 17.4 Å². The highest BCUT2D eigenvalue weighted by atomic mass is 16.5. The standard InChI is InChI=1S/C15H21NO5/c1-20-6-4-12-10-16(5-7-21-12)9-11-2-3-14(17)13(8-11)15(18)19/h2-3,8,12,17H,4-7,9-10H2,1H3,(H,18,19). The Morgan fingerprint density at radius 1 is 1.52 bits per heavy atom. The van der Waals surface area contributed by atoms with Crippen LogP contribution in [0.3, 0.4) is 0 Å². The van der Waals surface area contributed by atoms with Gasteiger partial charge in [-0.1, -0.05) is 6.07 Å². The summed E-state index contributed by atoms with van der Waals surface area (Å²) < 4.78 is 10.7. The van der Waals surface area contributed by atoms with E-state index in [2.05, 4.69) is 4.90 Å². The normalized spacial score (nSPS) is 19.6. The number of aromatic carboxylic acids is 1. The van der Waals surface area contributed by atoms with Crippen LogP contribution in [-0.2, 0) is 16.0 Å². The minimum atomic E-state index is -1.12. The van der Waals surface area contributed by atoms with Gasteiger partial charge in [0.05, 0.1) is 12.7 Å². The van der Waals surface area contributed by atoms with Crippen LogP contribution in [0.25, 0.3) is 0 Å². The first-order chi connectivity index (χ1) is 10.1. The molecule has 1 unspecified atom stereocenters. The molecule has 0 bridgehead atoms. The highest BCUT2D eigenvalue weighted by Crippen LogP contribution is 2.20. The summed E-state index contributed by atoms with van der Waals surface area (Å²) in [5, 5.41) is 18.5. The number of ether oxygens (including phenoxy) is 2. The van der Waals surface area contributed by atoms with Gasteiger partial charge in [-0.05, 0) is 24.1 Å². The van der Waals surface area contributed by atoms with E-state index in [1.54, 1.807) is 13.2 Å². The first-order valence-corrected chi connectivity index (χ1v) is 6.98. The maximum Gasteiger partial charge on any atom is 0.339 e. The van der Waals surface area contributed by atoms with Crippen LogP contribution in [0.4, 0.5) is 0 Å². The molecule has 0 aromatic heterocycles. The fraction of sp³-hybridized carbons (Fsp3) is 0.533. The van der Waals surface area contributed by atoms with Gasteiger partial charge in [0, 0.05) is 33.4 Å². The third kappa shape index (κ3) is 4.42. The molecule has 0 saturated carbocycles. The summed E-state index contributed by atoms with van der Waals surface area (Å²) in [6.45, 7) is 3.59. The van der Waals surface area contributed by atoms with E-state index in [1.807, 2.05) is 0 Å². The topological polar surface area (TPSA) is 79.2 Å². The molecule has 1 aliphatic rings. The summed E-state index contributed by atoms with van der Waals surface area (Å²) in [4.78, 5) is 13.3. The Bertz CT molecular complexity index is 491. The van der Waals surface area contributed by atoms with Gasteiger partial charge in [0.1, 0.15) is 11.3 Å². The number of nitrogens with zero attached hydrogens (tertiary/aromatic N) is 1. The number of carbonyl (C=O) groups is 1. The van der Waals surface area contributed by atoms with Gasteiger partial charge < -0.3 is 19.7 Å². The third-order valence-electron chi connectivity index (χ3n) is 3.56. The van der Waals surface area contributed by atoms with Crippen molar-refractivity contribution in [2.75, 3.05) is 33.4 Å². The largest absolute Gasteiger partial charge is 0.507 e. The lowest BCUT2D eigenvalue weighted by Gasteiger charge is -2.33. The van der Waals surface area contributed by atoms with Gasteiger partial charge in [-0.25, -0.2) is 4.79 Å². The number of hydrogen-bond acceptors (Lipinski definition) is 5. The Hall–Kier alpha value is -1.63. The Balaban J connectivity index is 1.97. The van der Waals surface area contributed by atoms with Crippen LogP contribution < -0.4 is 0 Å². The number of phenols is 1. The molecule has 6 nitrogen and oxygen atoms in total. The Kier molecular flexibility index (Phi) is 5.55. The van der Waals surface area contributed by atoms with E-state index in [0.29, 0.717) is 19.8 Å². The quantitative estimate of drug-likeness (QED) is 0.824. The van der Waals surface area contributed by atoms with Crippen molar-refractivity contribution < 1.29 is 24.5 Å². The zero-order valence-corrected chi connectivity index (χ0v) is 12.1. The van der Waals surface area contributed by atoms with Gasteiger partial charge in [-0.2, -0.15) is 0 Å². The first kappa shape index (κ1) is 15.8. The number of carboxylic acid groups (broad SMARTS) is 1. The molecule has 1 fully saturated rings. The molecule has 1 saturated heterocycles. The summed E-state index contributed by atoms with van der Waals surface area (Å²) in [5.74, 6) is -1.32. The molecule has 2 rings (SSSR count). The van der Waals surface area contributed by atoms with Crippen LogP contribution in [-0.4, -0.2) is 60.6 Å². The molecule has 21 heavy (non-hydrogen) atoms. The van der Waals surface area contributed by atoms with Crippen LogP contribution >= 0.6 is 0 Å². The van der Waals surface area contributed by atoms with Crippen LogP contribution in [0.5, 0.6) is 5.75 Å². The zero-order chi connectivity index (χ0) is 15.2. The van der Waals surface area contributed by atoms with E-state index >= 15 is 0 Å². The predicted molar refractivity (Wildman–Crippen MR) is 76.6 cm³/mol. The van der Waals surface area contributed by atoms with Crippen LogP contribution in [0.2, 0.25) is 0 Å². The molecule has 0 spiro atoms. The number of benzene rings is 1. The molecule has 116 valence electrons. The van der Waals surface area contributed by atoms with Gasteiger partial charge in [0.25, 0.3) is 0 Å². The maximum atomic E-state index is 11.0. The van der Waals surface area contributed by atoms with E-state index in [0.717, 1.165) is 25.1 Å². The lowest BCUT2D eigenvalue weighted by Crippen LogP contribution is -2.42. The Morgan fingerprint density at radius 3 is 3.05 bits per heavy atom. The van der Waals surface area contributed by atoms with Gasteiger partial charge in [0.15, 0.2) is 0 Å². The van der Waals surface area contributed by atoms with Gasteiger partial charge in [-0.3, -0.25) is 4.90 Å². The number of rotatable bonds is 6. The van der Waals surface area contributed by atoms with Gasteiger partial charge in [0.2, 0.25) is 0 Å². The minimum Gasteiger partial charge on any atom is -0.507 e. The number of morpholine rings is 1. The molecule has 1 aromatic rings. The second kappa shape index (κ2) is 7.40. The van der Waals surface area contributed by atoms with Crippen molar-refractivity contribution in [1.82, 2.24) is 4.90 Å². The van der Waals surface area contributed by atoms with Crippen molar-refractivity contribution in [3.05, 3.63) is 29.3 Å². The third-order valence-corrected chi connectivity index (χ3v) is 3.56. The van der Waals surface area contributed by atoms with Gasteiger partial charge in [-0.15, -0.1) is 0 Å². The fourth-order valence-corrected chi connectivity index (χ4v) is 2.46. The van der Waals surface area contributed by atoms with E-state index in [4.69, 9.17) is 14.6 Å². The minimum absolute atomic E-state index is 0.0586. The highest BCUT2D eigenvalue weighted by Gasteiger charge is 2.21. The summed E-state index contributed by atoms with van der Waals surface area (Å²) >= 11 is 0.